The number of fused-ring (bicyclic) bond motifs is 1. The number of hydrogen-bond acceptors (Lipinski definition) is 10. The van der Waals surface area contributed by atoms with Crippen LogP contribution in [0.25, 0.3) is 0 Å². The maximum Gasteiger partial charge on any atom is 0.419 e. The van der Waals surface area contributed by atoms with Crippen LogP contribution in [0.2, 0.25) is 0 Å². The minimum atomic E-state index is -4.73. The molecule has 0 aliphatic carbocycles. The highest BCUT2D eigenvalue weighted by Gasteiger charge is 2.45. The van der Waals surface area contributed by atoms with E-state index in [1.54, 1.807) is 54.6 Å². The molecule has 3 aromatic carbocycles. The first-order chi connectivity index (χ1) is 26.8. The number of imide groups is 2. The van der Waals surface area contributed by atoms with Crippen LogP contribution in [0.3, 0.4) is 0 Å². The number of para-hydroxylation sites is 1. The van der Waals surface area contributed by atoms with Gasteiger partial charge in [0.05, 0.1) is 33.6 Å². The van der Waals surface area contributed by atoms with Crippen molar-refractivity contribution < 1.29 is 41.9 Å². The summed E-state index contributed by atoms with van der Waals surface area (Å²) in [4.78, 5) is 82.7. The molecule has 14 nitrogen and oxygen atoms in total. The number of nitrogens with zero attached hydrogens (tertiary/aromatic N) is 3. The lowest BCUT2D eigenvalue weighted by atomic mass is 10.0. The number of amides is 6. The largest absolute Gasteiger partial charge is 0.419 e. The number of carbonyl (C=O) groups excluding carboxylic acids is 6. The summed E-state index contributed by atoms with van der Waals surface area (Å²) in [5, 5.41) is 13.4. The minimum Gasteiger partial charge on any atom is -0.371 e. The quantitative estimate of drug-likeness (QED) is 0.149. The molecule has 56 heavy (non-hydrogen) atoms. The van der Waals surface area contributed by atoms with Crippen molar-refractivity contribution in [2.75, 3.05) is 35.7 Å². The van der Waals surface area contributed by atoms with Gasteiger partial charge in [-0.1, -0.05) is 12.1 Å². The molecule has 1 unspecified atom stereocenters. The van der Waals surface area contributed by atoms with E-state index in [0.29, 0.717) is 43.4 Å². The lowest BCUT2D eigenvalue weighted by Gasteiger charge is -2.34. The monoisotopic (exact) mass is 768 g/mol. The molecule has 5 N–H and O–H groups in total. The Morgan fingerprint density at radius 3 is 2.23 bits per heavy atom. The number of nitrogens with one attached hydrogen (secondary N) is 5. The third kappa shape index (κ3) is 7.60. The van der Waals surface area contributed by atoms with Crippen LogP contribution >= 0.6 is 0 Å². The summed E-state index contributed by atoms with van der Waals surface area (Å²) in [6, 6.07) is 17.5. The Bertz CT molecular complexity index is 2260. The molecule has 7 rings (SSSR count). The van der Waals surface area contributed by atoms with Crippen molar-refractivity contribution in [3.8, 4) is 0 Å². The lowest BCUT2D eigenvalue weighted by Crippen LogP contribution is -2.54. The smallest absolute Gasteiger partial charge is 0.371 e. The van der Waals surface area contributed by atoms with Crippen LogP contribution in [0.15, 0.2) is 79.0 Å². The van der Waals surface area contributed by atoms with Gasteiger partial charge in [0.15, 0.2) is 0 Å². The predicted octanol–water partition coefficient (Wildman–Crippen LogP) is 4.75. The van der Waals surface area contributed by atoms with Gasteiger partial charge < -0.3 is 26.2 Å². The molecule has 0 saturated carbocycles. The van der Waals surface area contributed by atoms with E-state index in [9.17, 15) is 41.9 Å². The summed E-state index contributed by atoms with van der Waals surface area (Å²) in [5.41, 5.74) is 0.947. The van der Waals surface area contributed by atoms with E-state index in [1.807, 2.05) is 4.90 Å². The van der Waals surface area contributed by atoms with Crippen LogP contribution in [0.5, 0.6) is 0 Å². The average Bonchev–Trinajstić information content (AvgIpc) is 3.42. The molecular formula is C39H35F3N8O6. The molecule has 2 fully saturated rings. The van der Waals surface area contributed by atoms with Crippen molar-refractivity contribution in [2.24, 2.45) is 0 Å². The molecule has 3 aliphatic rings. The second-order valence-electron chi connectivity index (χ2n) is 13.5. The van der Waals surface area contributed by atoms with E-state index in [2.05, 4.69) is 31.6 Å². The Kier molecular flexibility index (Phi) is 10.2. The molecule has 6 amide bonds. The number of aromatic nitrogens is 1. The number of rotatable bonds is 9. The molecule has 3 aliphatic heterocycles. The first-order valence-corrected chi connectivity index (χ1v) is 17.7. The predicted molar refractivity (Wildman–Crippen MR) is 198 cm³/mol. The lowest BCUT2D eigenvalue weighted by molar-refractivity contribution is -0.137. The van der Waals surface area contributed by atoms with Crippen molar-refractivity contribution in [2.45, 2.75) is 43.9 Å². The second kappa shape index (κ2) is 15.2. The standard InChI is InChI=1S/C39H35F3N8O6/c1-43-35(53)26-4-2-3-5-29(26)47-30-19-32(44-20-28(30)39(40,41)42)45-22-8-6-21(7-9-22)34(52)46-23-14-16-49(17-15-23)24-10-11-25-27(18-24)38(56)50(37(25)55)31-12-13-33(51)48-36(31)54/h2-11,18-20,23,31H,12-17H2,1H3,(H,43,53)(H,46,52)(H2,44,45,47)(H,48,51,54). The molecule has 4 heterocycles. The molecule has 17 heteroatoms. The first kappa shape index (κ1) is 37.5. The second-order valence-corrected chi connectivity index (χ2v) is 13.5. The van der Waals surface area contributed by atoms with E-state index in [4.69, 9.17) is 0 Å². The average molecular weight is 769 g/mol. The third-order valence-electron chi connectivity index (χ3n) is 9.92. The Labute approximate surface area is 317 Å². The summed E-state index contributed by atoms with van der Waals surface area (Å²) in [7, 11) is 1.42. The van der Waals surface area contributed by atoms with Gasteiger partial charge in [-0.3, -0.25) is 39.0 Å². The Morgan fingerprint density at radius 1 is 0.821 bits per heavy atom. The number of alkyl halides is 3. The van der Waals surface area contributed by atoms with E-state index < -0.39 is 47.3 Å². The molecule has 1 atom stereocenters. The van der Waals surface area contributed by atoms with Crippen molar-refractivity contribution in [3.63, 3.8) is 0 Å². The zero-order valence-corrected chi connectivity index (χ0v) is 29.8. The fraction of sp³-hybridized carbons (Fsp3) is 0.256. The Morgan fingerprint density at radius 2 is 1.54 bits per heavy atom. The van der Waals surface area contributed by atoms with Crippen LogP contribution in [0.4, 0.5) is 41.7 Å². The summed E-state index contributed by atoms with van der Waals surface area (Å²) < 4.78 is 41.7. The normalized spacial score (nSPS) is 17.3. The van der Waals surface area contributed by atoms with Crippen LogP contribution in [0.1, 0.15) is 72.7 Å². The number of carbonyl (C=O) groups is 6. The van der Waals surface area contributed by atoms with E-state index in [-0.39, 0.29) is 58.7 Å². The van der Waals surface area contributed by atoms with Crippen molar-refractivity contribution in [1.82, 2.24) is 25.8 Å². The van der Waals surface area contributed by atoms with E-state index in [0.717, 1.165) is 10.6 Å². The summed E-state index contributed by atoms with van der Waals surface area (Å²) in [6.07, 6.45) is -2.73. The molecule has 0 radical (unpaired) electrons. The van der Waals surface area contributed by atoms with Crippen molar-refractivity contribution in [3.05, 3.63) is 107 Å². The fourth-order valence-electron chi connectivity index (χ4n) is 6.98. The summed E-state index contributed by atoms with van der Waals surface area (Å²) in [6.45, 7) is 1.11. The number of hydrogen-bond donors (Lipinski definition) is 5. The molecule has 2 saturated heterocycles. The van der Waals surface area contributed by atoms with Gasteiger partial charge in [0.2, 0.25) is 11.8 Å². The van der Waals surface area contributed by atoms with Gasteiger partial charge in [0, 0.05) is 61.8 Å². The topological polar surface area (TPSA) is 182 Å². The third-order valence-corrected chi connectivity index (χ3v) is 9.92. The van der Waals surface area contributed by atoms with Gasteiger partial charge in [-0.05, 0) is 73.9 Å². The van der Waals surface area contributed by atoms with Gasteiger partial charge >= 0.3 is 6.18 Å². The maximum atomic E-state index is 13.9. The molecular weight excluding hydrogens is 733 g/mol. The van der Waals surface area contributed by atoms with Crippen molar-refractivity contribution >= 4 is 64.0 Å². The highest BCUT2D eigenvalue weighted by molar-refractivity contribution is 6.23. The van der Waals surface area contributed by atoms with Crippen molar-refractivity contribution in [1.29, 1.82) is 0 Å². The van der Waals surface area contributed by atoms with E-state index >= 15 is 0 Å². The van der Waals surface area contributed by atoms with Crippen LogP contribution in [0, 0.1) is 0 Å². The molecule has 0 spiro atoms. The zero-order valence-electron chi connectivity index (χ0n) is 29.8. The van der Waals surface area contributed by atoms with Gasteiger partial charge in [0.25, 0.3) is 23.6 Å². The van der Waals surface area contributed by atoms with E-state index in [1.165, 1.54) is 25.2 Å². The highest BCUT2D eigenvalue weighted by atomic mass is 19.4. The fourth-order valence-corrected chi connectivity index (χ4v) is 6.98. The van der Waals surface area contributed by atoms with Crippen LogP contribution in [-0.4, -0.2) is 77.5 Å². The molecule has 288 valence electrons. The van der Waals surface area contributed by atoms with Gasteiger partial charge in [-0.25, -0.2) is 4.98 Å². The molecule has 4 aromatic rings. The first-order valence-electron chi connectivity index (χ1n) is 17.7. The number of piperidine rings is 2. The highest BCUT2D eigenvalue weighted by Crippen LogP contribution is 2.38. The minimum absolute atomic E-state index is 0.0337. The number of pyridine rings is 1. The number of anilines is 5. The van der Waals surface area contributed by atoms with Gasteiger partial charge in [0.1, 0.15) is 11.9 Å². The molecule has 0 bridgehead atoms. The zero-order chi connectivity index (χ0) is 39.7. The van der Waals surface area contributed by atoms with Gasteiger partial charge in [-0.2, -0.15) is 13.2 Å². The SMILES string of the molecule is CNC(=O)c1ccccc1Nc1cc(Nc2ccc(C(=O)NC3CCN(c4ccc5c(c4)C(=O)N(C4CCC(=O)NC4=O)C5=O)CC3)cc2)ncc1C(F)(F)F. The van der Waals surface area contributed by atoms with Crippen LogP contribution in [-0.2, 0) is 15.8 Å². The molecule has 1 aromatic heterocycles. The van der Waals surface area contributed by atoms with Crippen LogP contribution < -0.4 is 31.5 Å². The Balaban J connectivity index is 0.955. The maximum absolute atomic E-state index is 13.9. The summed E-state index contributed by atoms with van der Waals surface area (Å²) in [5.74, 6) is -2.96. The Hall–Kier alpha value is -6.78. The van der Waals surface area contributed by atoms with Gasteiger partial charge in [-0.15, -0.1) is 0 Å². The number of halogens is 3. The summed E-state index contributed by atoms with van der Waals surface area (Å²) >= 11 is 0. The number of benzene rings is 3.